The average molecular weight is 304 g/mol. The summed E-state index contributed by atoms with van der Waals surface area (Å²) in [7, 11) is 1.47. The van der Waals surface area contributed by atoms with E-state index in [1.165, 1.54) is 25.3 Å². The van der Waals surface area contributed by atoms with Gasteiger partial charge in [-0.05, 0) is 17.7 Å². The van der Waals surface area contributed by atoms with Gasteiger partial charge in [0, 0.05) is 25.8 Å². The maximum absolute atomic E-state index is 12.1. The normalized spacial score (nSPS) is 11.0. The minimum absolute atomic E-state index is 0.0148. The summed E-state index contributed by atoms with van der Waals surface area (Å²) in [5.74, 6) is -2.27. The Hall–Kier alpha value is -2.09. The topological polar surface area (TPSA) is 67.4 Å². The van der Waals surface area contributed by atoms with E-state index in [0.717, 1.165) is 0 Å². The molecule has 116 valence electrons. The van der Waals surface area contributed by atoms with Gasteiger partial charge in [0.15, 0.2) is 0 Å². The Morgan fingerprint density at radius 1 is 1.29 bits per heavy atom. The highest BCUT2D eigenvalue weighted by Gasteiger charge is 2.38. The predicted molar refractivity (Wildman–Crippen MR) is 69.5 cm³/mol. The second kappa shape index (κ2) is 7.63. The fourth-order valence-corrected chi connectivity index (χ4v) is 1.44. The molecule has 8 heteroatoms. The van der Waals surface area contributed by atoms with Gasteiger partial charge in [0.05, 0.1) is 6.61 Å². The highest BCUT2D eigenvalue weighted by Crippen LogP contribution is 2.18. The van der Waals surface area contributed by atoms with Crippen molar-refractivity contribution in [1.29, 1.82) is 0 Å². The fraction of sp³-hybridized carbons (Fsp3) is 0.385. The molecule has 0 unspecified atom stereocenters. The molecule has 0 aliphatic rings. The van der Waals surface area contributed by atoms with Crippen molar-refractivity contribution in [3.05, 3.63) is 29.8 Å². The van der Waals surface area contributed by atoms with Crippen molar-refractivity contribution < 1.29 is 27.5 Å². The molecule has 1 rings (SSSR count). The van der Waals surface area contributed by atoms with Crippen LogP contribution in [0.25, 0.3) is 0 Å². The van der Waals surface area contributed by atoms with E-state index in [9.17, 15) is 22.8 Å². The maximum Gasteiger partial charge on any atom is 0.471 e. The number of alkyl halides is 3. The number of ether oxygens (including phenoxy) is 1. The van der Waals surface area contributed by atoms with Crippen molar-refractivity contribution in [3.63, 3.8) is 0 Å². The van der Waals surface area contributed by atoms with Crippen molar-refractivity contribution in [1.82, 2.24) is 5.32 Å². The zero-order chi connectivity index (χ0) is 15.9. The van der Waals surface area contributed by atoms with Crippen LogP contribution in [0, 0.1) is 0 Å². The molecule has 0 saturated heterocycles. The third-order valence-corrected chi connectivity index (χ3v) is 2.47. The number of nitrogens with one attached hydrogen (secondary N) is 2. The molecule has 2 N–H and O–H groups in total. The third kappa shape index (κ3) is 6.26. The molecular weight excluding hydrogens is 289 g/mol. The zero-order valence-corrected chi connectivity index (χ0v) is 11.3. The number of hydrogen-bond donors (Lipinski definition) is 2. The molecule has 0 radical (unpaired) electrons. The minimum atomic E-state index is -4.94. The van der Waals surface area contributed by atoms with Crippen molar-refractivity contribution in [2.45, 2.75) is 19.1 Å². The second-order valence-electron chi connectivity index (χ2n) is 4.17. The smallest absolute Gasteiger partial charge is 0.384 e. The molecule has 0 saturated carbocycles. The van der Waals surface area contributed by atoms with Gasteiger partial charge < -0.3 is 15.4 Å². The highest BCUT2D eigenvalue weighted by molar-refractivity contribution is 5.94. The molecule has 5 nitrogen and oxygen atoms in total. The van der Waals surface area contributed by atoms with Crippen LogP contribution in [0.15, 0.2) is 24.3 Å². The summed E-state index contributed by atoms with van der Waals surface area (Å²) in [6.45, 7) is 0.436. The van der Waals surface area contributed by atoms with Gasteiger partial charge in [0.25, 0.3) is 0 Å². The molecule has 0 heterocycles. The number of carbonyl (C=O) groups excluding carboxylic acids is 2. The van der Waals surface area contributed by atoms with E-state index < -0.39 is 12.1 Å². The van der Waals surface area contributed by atoms with Crippen LogP contribution in [0.3, 0.4) is 0 Å². The molecule has 1 aromatic rings. The monoisotopic (exact) mass is 304 g/mol. The third-order valence-electron chi connectivity index (χ3n) is 2.47. The second-order valence-corrected chi connectivity index (χ2v) is 4.17. The highest BCUT2D eigenvalue weighted by atomic mass is 19.4. The van der Waals surface area contributed by atoms with Crippen molar-refractivity contribution in [2.75, 3.05) is 19.0 Å². The molecule has 0 aliphatic heterocycles. The summed E-state index contributed by atoms with van der Waals surface area (Å²) in [6.07, 6.45) is -4.74. The lowest BCUT2D eigenvalue weighted by Crippen LogP contribution is -2.30. The first-order valence-corrected chi connectivity index (χ1v) is 6.05. The minimum Gasteiger partial charge on any atom is -0.384 e. The van der Waals surface area contributed by atoms with Crippen LogP contribution >= 0.6 is 0 Å². The lowest BCUT2D eigenvalue weighted by Gasteiger charge is -2.10. The number of halogens is 3. The summed E-state index contributed by atoms with van der Waals surface area (Å²) >= 11 is 0. The lowest BCUT2D eigenvalue weighted by molar-refractivity contribution is -0.167. The van der Waals surface area contributed by atoms with Gasteiger partial charge >= 0.3 is 12.1 Å². The maximum atomic E-state index is 12.1. The quantitative estimate of drug-likeness (QED) is 0.842. The Morgan fingerprint density at radius 3 is 2.62 bits per heavy atom. The van der Waals surface area contributed by atoms with Gasteiger partial charge in [0.2, 0.25) is 5.91 Å². The molecule has 0 aliphatic carbocycles. The van der Waals surface area contributed by atoms with Gasteiger partial charge in [-0.15, -0.1) is 0 Å². The van der Waals surface area contributed by atoms with Crippen LogP contribution in [0.1, 0.15) is 12.0 Å². The number of anilines is 1. The van der Waals surface area contributed by atoms with Crippen LogP contribution in [-0.2, 0) is 20.9 Å². The number of hydrogen-bond acceptors (Lipinski definition) is 3. The Balaban J connectivity index is 2.56. The molecule has 1 aromatic carbocycles. The summed E-state index contributed by atoms with van der Waals surface area (Å²) in [5, 5.41) is 4.34. The molecule has 2 amide bonds. The van der Waals surface area contributed by atoms with Crippen LogP contribution in [0.5, 0.6) is 0 Å². The largest absolute Gasteiger partial charge is 0.471 e. The van der Waals surface area contributed by atoms with Crippen molar-refractivity contribution in [2.24, 2.45) is 0 Å². The van der Waals surface area contributed by atoms with Crippen molar-refractivity contribution >= 4 is 17.5 Å². The van der Waals surface area contributed by atoms with E-state index in [1.54, 1.807) is 11.4 Å². The molecular formula is C13H15F3N2O3. The van der Waals surface area contributed by atoms with Gasteiger partial charge in [0.1, 0.15) is 0 Å². The number of amides is 2. The van der Waals surface area contributed by atoms with E-state index >= 15 is 0 Å². The Kier molecular flexibility index (Phi) is 6.16. The Labute approximate surface area is 119 Å². The number of methoxy groups -OCH3 is 1. The Bertz CT molecular complexity index is 504. The van der Waals surface area contributed by atoms with Crippen LogP contribution < -0.4 is 10.6 Å². The van der Waals surface area contributed by atoms with Crippen LogP contribution in [-0.4, -0.2) is 31.7 Å². The van der Waals surface area contributed by atoms with E-state index in [2.05, 4.69) is 5.32 Å². The number of carbonyl (C=O) groups is 2. The first kappa shape index (κ1) is 17.0. The summed E-state index contributed by atoms with van der Waals surface area (Å²) in [6, 6.07) is 5.81. The van der Waals surface area contributed by atoms with Gasteiger partial charge in [-0.25, -0.2) is 0 Å². The molecule has 21 heavy (non-hydrogen) atoms. The Morgan fingerprint density at radius 2 is 2.00 bits per heavy atom. The van der Waals surface area contributed by atoms with Gasteiger partial charge in [-0.2, -0.15) is 13.2 Å². The first-order chi connectivity index (χ1) is 9.82. The lowest BCUT2D eigenvalue weighted by atomic mass is 10.2. The molecule has 0 bridgehead atoms. The van der Waals surface area contributed by atoms with E-state index in [-0.39, 0.29) is 31.2 Å². The number of rotatable bonds is 6. The molecule has 0 atom stereocenters. The van der Waals surface area contributed by atoms with Gasteiger partial charge in [-0.3, -0.25) is 9.59 Å². The summed E-state index contributed by atoms with van der Waals surface area (Å²) in [5.41, 5.74) is 0.585. The SMILES string of the molecule is COCCC(=O)NCc1cccc(NC(=O)C(F)(F)F)c1. The first-order valence-electron chi connectivity index (χ1n) is 6.05. The van der Waals surface area contributed by atoms with E-state index in [1.807, 2.05) is 0 Å². The van der Waals surface area contributed by atoms with E-state index in [4.69, 9.17) is 4.74 Å². The van der Waals surface area contributed by atoms with Crippen LogP contribution in [0.4, 0.5) is 18.9 Å². The molecule has 0 fully saturated rings. The molecule has 0 aromatic heterocycles. The fourth-order valence-electron chi connectivity index (χ4n) is 1.44. The molecule has 0 spiro atoms. The average Bonchev–Trinajstić information content (AvgIpc) is 2.42. The van der Waals surface area contributed by atoms with E-state index in [0.29, 0.717) is 5.56 Å². The summed E-state index contributed by atoms with van der Waals surface area (Å²) in [4.78, 5) is 22.2. The van der Waals surface area contributed by atoms with Crippen LogP contribution in [0.2, 0.25) is 0 Å². The predicted octanol–water partition coefficient (Wildman–Crippen LogP) is 1.84. The number of benzene rings is 1. The standard InChI is InChI=1S/C13H15F3N2O3/c1-21-6-5-11(19)17-8-9-3-2-4-10(7-9)18-12(20)13(14,15)16/h2-4,7H,5-6,8H2,1H3,(H,17,19)(H,18,20). The van der Waals surface area contributed by atoms with Gasteiger partial charge in [-0.1, -0.05) is 12.1 Å². The zero-order valence-electron chi connectivity index (χ0n) is 11.3. The van der Waals surface area contributed by atoms with Crippen molar-refractivity contribution in [3.8, 4) is 0 Å². The summed E-state index contributed by atoms with van der Waals surface area (Å²) < 4.78 is 41.1.